The minimum atomic E-state index is 0.491. The molecule has 1 N–H and O–H groups in total. The van der Waals surface area contributed by atoms with Crippen molar-refractivity contribution in [3.63, 3.8) is 0 Å². The molecular weight excluding hydrogens is 222 g/mol. The quantitative estimate of drug-likeness (QED) is 0.857. The number of ether oxygens (including phenoxy) is 1. The van der Waals surface area contributed by atoms with E-state index in [2.05, 4.69) is 30.4 Å². The Bertz CT molecular complexity index is 410. The normalized spacial score (nSPS) is 24.4. The fourth-order valence-electron chi connectivity index (χ4n) is 3.31. The molecule has 3 rings (SSSR count). The Hall–Kier alpha value is -1.02. The largest absolute Gasteiger partial charge is 0.493 e. The first kappa shape index (κ1) is 12.0. The minimum absolute atomic E-state index is 0.491. The summed E-state index contributed by atoms with van der Waals surface area (Å²) >= 11 is 0. The molecule has 0 amide bonds. The Morgan fingerprint density at radius 1 is 1.11 bits per heavy atom. The highest BCUT2D eigenvalue weighted by Crippen LogP contribution is 2.35. The van der Waals surface area contributed by atoms with Crippen molar-refractivity contribution in [2.45, 2.75) is 57.5 Å². The summed E-state index contributed by atoms with van der Waals surface area (Å²) in [5.74, 6) is 1.13. The smallest absolute Gasteiger partial charge is 0.126 e. The highest BCUT2D eigenvalue weighted by molar-refractivity contribution is 5.43. The number of benzene rings is 1. The van der Waals surface area contributed by atoms with Crippen LogP contribution in [0.3, 0.4) is 0 Å². The lowest BCUT2D eigenvalue weighted by atomic mass is 9.98. The molecule has 18 heavy (non-hydrogen) atoms. The molecule has 0 bridgehead atoms. The SMILES string of the molecule is Cc1cccc2c1OCCCC2NC1CCCC1. The van der Waals surface area contributed by atoms with Gasteiger partial charge in [0.25, 0.3) is 0 Å². The highest BCUT2D eigenvalue weighted by Gasteiger charge is 2.24. The number of para-hydroxylation sites is 1. The Morgan fingerprint density at radius 2 is 1.94 bits per heavy atom. The van der Waals surface area contributed by atoms with Crippen molar-refractivity contribution >= 4 is 0 Å². The van der Waals surface area contributed by atoms with E-state index in [0.29, 0.717) is 6.04 Å². The first-order chi connectivity index (χ1) is 8.84. The average molecular weight is 245 g/mol. The molecule has 1 heterocycles. The highest BCUT2D eigenvalue weighted by atomic mass is 16.5. The number of fused-ring (bicyclic) bond motifs is 1. The van der Waals surface area contributed by atoms with E-state index in [1.165, 1.54) is 43.2 Å². The van der Waals surface area contributed by atoms with E-state index in [9.17, 15) is 0 Å². The molecule has 0 saturated heterocycles. The van der Waals surface area contributed by atoms with Crippen molar-refractivity contribution in [2.24, 2.45) is 0 Å². The van der Waals surface area contributed by atoms with Gasteiger partial charge in [-0.2, -0.15) is 0 Å². The van der Waals surface area contributed by atoms with Gasteiger partial charge >= 0.3 is 0 Å². The summed E-state index contributed by atoms with van der Waals surface area (Å²) in [6, 6.07) is 7.76. The van der Waals surface area contributed by atoms with Gasteiger partial charge in [0.2, 0.25) is 0 Å². The molecule has 2 aliphatic rings. The zero-order chi connectivity index (χ0) is 12.4. The molecule has 1 unspecified atom stereocenters. The van der Waals surface area contributed by atoms with E-state index in [0.717, 1.165) is 24.8 Å². The molecule has 2 heteroatoms. The van der Waals surface area contributed by atoms with Crippen LogP contribution in [0, 0.1) is 6.92 Å². The van der Waals surface area contributed by atoms with E-state index >= 15 is 0 Å². The van der Waals surface area contributed by atoms with Crippen LogP contribution < -0.4 is 10.1 Å². The van der Waals surface area contributed by atoms with Gasteiger partial charge in [-0.1, -0.05) is 31.0 Å². The van der Waals surface area contributed by atoms with E-state index in [1.807, 2.05) is 0 Å². The lowest BCUT2D eigenvalue weighted by Gasteiger charge is -2.23. The van der Waals surface area contributed by atoms with Crippen molar-refractivity contribution in [2.75, 3.05) is 6.61 Å². The van der Waals surface area contributed by atoms with Crippen molar-refractivity contribution in [1.29, 1.82) is 0 Å². The van der Waals surface area contributed by atoms with Gasteiger partial charge in [-0.05, 0) is 38.2 Å². The minimum Gasteiger partial charge on any atom is -0.493 e. The summed E-state index contributed by atoms with van der Waals surface area (Å²) < 4.78 is 5.93. The zero-order valence-electron chi connectivity index (χ0n) is 11.2. The summed E-state index contributed by atoms with van der Waals surface area (Å²) in [6.07, 6.45) is 7.82. The molecule has 98 valence electrons. The lowest BCUT2D eigenvalue weighted by Crippen LogP contribution is -2.30. The van der Waals surface area contributed by atoms with Crippen LogP contribution >= 0.6 is 0 Å². The van der Waals surface area contributed by atoms with Crippen molar-refractivity contribution in [3.05, 3.63) is 29.3 Å². The molecule has 1 aromatic carbocycles. The Kier molecular flexibility index (Phi) is 3.55. The van der Waals surface area contributed by atoms with Gasteiger partial charge in [-0.3, -0.25) is 0 Å². The molecule has 0 aromatic heterocycles. The molecule has 2 nitrogen and oxygen atoms in total. The number of hydrogen-bond donors (Lipinski definition) is 1. The van der Waals surface area contributed by atoms with Crippen LogP contribution in [0.1, 0.15) is 55.7 Å². The van der Waals surface area contributed by atoms with Crippen molar-refractivity contribution in [1.82, 2.24) is 5.32 Å². The Labute approximate surface area is 110 Å². The number of nitrogens with one attached hydrogen (secondary N) is 1. The Balaban J connectivity index is 1.84. The molecular formula is C16H23NO. The third-order valence-corrected chi connectivity index (χ3v) is 4.29. The molecule has 1 atom stereocenters. The van der Waals surface area contributed by atoms with Gasteiger partial charge < -0.3 is 10.1 Å². The fraction of sp³-hybridized carbons (Fsp3) is 0.625. The second-order valence-corrected chi connectivity index (χ2v) is 5.68. The van der Waals surface area contributed by atoms with Crippen LogP contribution in [-0.2, 0) is 0 Å². The van der Waals surface area contributed by atoms with Gasteiger partial charge in [0, 0.05) is 17.6 Å². The van der Waals surface area contributed by atoms with Crippen LogP contribution in [0.4, 0.5) is 0 Å². The molecule has 0 spiro atoms. The average Bonchev–Trinajstić information content (AvgIpc) is 2.79. The third kappa shape index (κ3) is 2.39. The van der Waals surface area contributed by atoms with E-state index in [4.69, 9.17) is 4.74 Å². The van der Waals surface area contributed by atoms with Gasteiger partial charge in [-0.15, -0.1) is 0 Å². The molecule has 1 aromatic rings. The topological polar surface area (TPSA) is 21.3 Å². The van der Waals surface area contributed by atoms with E-state index in [1.54, 1.807) is 0 Å². The van der Waals surface area contributed by atoms with Crippen molar-refractivity contribution < 1.29 is 4.74 Å². The monoisotopic (exact) mass is 245 g/mol. The lowest BCUT2D eigenvalue weighted by molar-refractivity contribution is 0.312. The molecule has 0 radical (unpaired) electrons. The summed E-state index contributed by atoms with van der Waals surface area (Å²) in [7, 11) is 0. The summed E-state index contributed by atoms with van der Waals surface area (Å²) in [4.78, 5) is 0. The van der Waals surface area contributed by atoms with Crippen LogP contribution in [0.15, 0.2) is 18.2 Å². The molecule has 1 aliphatic carbocycles. The summed E-state index contributed by atoms with van der Waals surface area (Å²) in [5, 5.41) is 3.86. The summed E-state index contributed by atoms with van der Waals surface area (Å²) in [6.45, 7) is 3.01. The zero-order valence-corrected chi connectivity index (χ0v) is 11.2. The number of rotatable bonds is 2. The molecule has 1 saturated carbocycles. The number of hydrogen-bond acceptors (Lipinski definition) is 2. The maximum Gasteiger partial charge on any atom is 0.126 e. The Morgan fingerprint density at radius 3 is 2.78 bits per heavy atom. The fourth-order valence-corrected chi connectivity index (χ4v) is 3.31. The van der Waals surface area contributed by atoms with Crippen LogP contribution in [0.25, 0.3) is 0 Å². The predicted octanol–water partition coefficient (Wildman–Crippen LogP) is 3.74. The maximum absolute atomic E-state index is 5.93. The molecule has 1 fully saturated rings. The van der Waals surface area contributed by atoms with Gasteiger partial charge in [0.15, 0.2) is 0 Å². The molecule has 1 aliphatic heterocycles. The van der Waals surface area contributed by atoms with Gasteiger partial charge in [0.1, 0.15) is 5.75 Å². The third-order valence-electron chi connectivity index (χ3n) is 4.29. The standard InChI is InChI=1S/C16H23NO/c1-12-6-4-9-14-15(10-5-11-18-16(12)14)17-13-7-2-3-8-13/h4,6,9,13,15,17H,2-3,5,7-8,10-11H2,1H3. The predicted molar refractivity (Wildman–Crippen MR) is 74.0 cm³/mol. The van der Waals surface area contributed by atoms with Gasteiger partial charge in [0.05, 0.1) is 6.61 Å². The van der Waals surface area contributed by atoms with Crippen molar-refractivity contribution in [3.8, 4) is 5.75 Å². The second-order valence-electron chi connectivity index (χ2n) is 5.68. The van der Waals surface area contributed by atoms with Crippen LogP contribution in [-0.4, -0.2) is 12.6 Å². The maximum atomic E-state index is 5.93. The van der Waals surface area contributed by atoms with E-state index < -0.39 is 0 Å². The summed E-state index contributed by atoms with van der Waals surface area (Å²) in [5.41, 5.74) is 2.65. The van der Waals surface area contributed by atoms with Gasteiger partial charge in [-0.25, -0.2) is 0 Å². The first-order valence-electron chi connectivity index (χ1n) is 7.33. The second kappa shape index (κ2) is 5.31. The van der Waals surface area contributed by atoms with Crippen LogP contribution in [0.5, 0.6) is 5.75 Å². The first-order valence-corrected chi connectivity index (χ1v) is 7.33. The van der Waals surface area contributed by atoms with Crippen LogP contribution in [0.2, 0.25) is 0 Å². The van der Waals surface area contributed by atoms with E-state index in [-0.39, 0.29) is 0 Å². The number of aryl methyl sites for hydroxylation is 1.